The third-order valence-corrected chi connectivity index (χ3v) is 5.83. The number of hydrogen-bond donors (Lipinski definition) is 2. The third-order valence-electron chi connectivity index (χ3n) is 3.10. The topological polar surface area (TPSA) is 66.4 Å². The van der Waals surface area contributed by atoms with Gasteiger partial charge in [-0.05, 0) is 36.8 Å². The minimum absolute atomic E-state index is 0.00584. The Balaban J connectivity index is 2.12. The van der Waals surface area contributed by atoms with Gasteiger partial charge in [0, 0.05) is 23.8 Å². The molecule has 4 nitrogen and oxygen atoms in total. The van der Waals surface area contributed by atoms with E-state index in [1.807, 2.05) is 0 Å². The quantitative estimate of drug-likeness (QED) is 0.825. The predicted molar refractivity (Wildman–Crippen MR) is 85.7 cm³/mol. The maximum absolute atomic E-state index is 12.4. The lowest BCUT2D eigenvalue weighted by Crippen LogP contribution is -2.38. The number of aliphatic hydroxyl groups is 1. The Morgan fingerprint density at radius 1 is 1.43 bits per heavy atom. The van der Waals surface area contributed by atoms with E-state index in [9.17, 15) is 8.42 Å². The average molecular weight is 325 g/mol. The smallest absolute Gasteiger partial charge is 0.240 e. The Kier molecular flexibility index (Phi) is 6.12. The molecule has 1 aromatic carbocycles. The zero-order chi connectivity index (χ0) is 15.1. The minimum Gasteiger partial charge on any atom is -0.395 e. The van der Waals surface area contributed by atoms with Gasteiger partial charge >= 0.3 is 0 Å². The zero-order valence-corrected chi connectivity index (χ0v) is 13.3. The summed E-state index contributed by atoms with van der Waals surface area (Å²) in [6.45, 7) is 0.00584. The number of sulfonamides is 1. The van der Waals surface area contributed by atoms with E-state index in [-0.39, 0.29) is 17.5 Å². The molecule has 0 amide bonds. The maximum atomic E-state index is 12.4. The molecule has 2 rings (SSSR count). The Morgan fingerprint density at radius 2 is 2.29 bits per heavy atom. The monoisotopic (exact) mass is 325 g/mol. The van der Waals surface area contributed by atoms with Crippen molar-refractivity contribution in [1.82, 2.24) is 4.72 Å². The minimum atomic E-state index is -3.49. The molecule has 1 fully saturated rings. The van der Waals surface area contributed by atoms with Crippen molar-refractivity contribution in [2.45, 2.75) is 30.2 Å². The van der Waals surface area contributed by atoms with Gasteiger partial charge in [-0.25, -0.2) is 13.1 Å². The molecule has 2 N–H and O–H groups in total. The van der Waals surface area contributed by atoms with Crippen LogP contribution in [-0.2, 0) is 10.0 Å². The predicted octanol–water partition coefficient (Wildman–Crippen LogP) is 1.59. The number of thioether (sulfide) groups is 1. The van der Waals surface area contributed by atoms with Crippen molar-refractivity contribution in [3.63, 3.8) is 0 Å². The summed E-state index contributed by atoms with van der Waals surface area (Å²) in [4.78, 5) is 0.244. The summed E-state index contributed by atoms with van der Waals surface area (Å²) in [5.74, 6) is 7.58. The van der Waals surface area contributed by atoms with Crippen LogP contribution in [0.25, 0.3) is 0 Å². The molecule has 21 heavy (non-hydrogen) atoms. The maximum Gasteiger partial charge on any atom is 0.240 e. The fourth-order valence-electron chi connectivity index (χ4n) is 2.08. The molecule has 0 aromatic heterocycles. The highest BCUT2D eigenvalue weighted by molar-refractivity contribution is 7.99. The number of benzene rings is 1. The van der Waals surface area contributed by atoms with E-state index >= 15 is 0 Å². The Bertz CT molecular complexity index is 626. The molecule has 0 saturated carbocycles. The van der Waals surface area contributed by atoms with E-state index in [0.717, 1.165) is 24.3 Å². The van der Waals surface area contributed by atoms with Crippen LogP contribution in [0.1, 0.15) is 24.8 Å². The Morgan fingerprint density at radius 3 is 3.00 bits per heavy atom. The zero-order valence-electron chi connectivity index (χ0n) is 11.7. The van der Waals surface area contributed by atoms with Crippen molar-refractivity contribution in [2.75, 3.05) is 18.1 Å². The molecule has 6 heteroatoms. The highest BCUT2D eigenvalue weighted by atomic mass is 32.2. The molecule has 1 heterocycles. The van der Waals surface area contributed by atoms with Gasteiger partial charge in [0.1, 0.15) is 0 Å². The first-order valence-electron chi connectivity index (χ1n) is 6.92. The molecule has 0 spiro atoms. The van der Waals surface area contributed by atoms with Gasteiger partial charge in [-0.1, -0.05) is 17.9 Å². The molecular formula is C15H19NO3S2. The molecule has 1 aromatic rings. The van der Waals surface area contributed by atoms with E-state index in [0.29, 0.717) is 12.0 Å². The van der Waals surface area contributed by atoms with Crippen LogP contribution in [0.4, 0.5) is 0 Å². The molecule has 114 valence electrons. The van der Waals surface area contributed by atoms with Crippen molar-refractivity contribution < 1.29 is 13.5 Å². The van der Waals surface area contributed by atoms with Gasteiger partial charge in [0.15, 0.2) is 0 Å². The van der Waals surface area contributed by atoms with Crippen molar-refractivity contribution in [1.29, 1.82) is 0 Å². The standard InChI is InChI=1S/C15H19NO3S2/c17-9-2-1-5-13-6-3-8-15(11-13)21(18,19)16-14-7-4-10-20-12-14/h3,6,8,11,14,16-17H,2,4,7,9-10,12H2. The van der Waals surface area contributed by atoms with E-state index < -0.39 is 10.0 Å². The number of rotatable bonds is 4. The lowest BCUT2D eigenvalue weighted by molar-refractivity contribution is 0.305. The Labute approximate surface area is 130 Å². The highest BCUT2D eigenvalue weighted by Gasteiger charge is 2.22. The van der Waals surface area contributed by atoms with Crippen LogP contribution in [-0.4, -0.2) is 37.7 Å². The summed E-state index contributed by atoms with van der Waals surface area (Å²) in [5, 5.41) is 8.70. The van der Waals surface area contributed by atoms with Gasteiger partial charge < -0.3 is 5.11 Å². The molecule has 1 atom stereocenters. The fourth-order valence-corrected chi connectivity index (χ4v) is 4.58. The lowest BCUT2D eigenvalue weighted by Gasteiger charge is -2.22. The lowest BCUT2D eigenvalue weighted by atomic mass is 10.2. The first kappa shape index (κ1) is 16.4. The molecule has 1 saturated heterocycles. The summed E-state index contributed by atoms with van der Waals surface area (Å²) >= 11 is 1.78. The van der Waals surface area contributed by atoms with E-state index in [1.165, 1.54) is 0 Å². The van der Waals surface area contributed by atoms with Gasteiger partial charge in [0.2, 0.25) is 10.0 Å². The van der Waals surface area contributed by atoms with Crippen LogP contribution >= 0.6 is 11.8 Å². The summed E-state index contributed by atoms with van der Waals surface area (Å²) in [6, 6.07) is 6.61. The Hall–Kier alpha value is -1.00. The fraction of sp³-hybridized carbons (Fsp3) is 0.467. The van der Waals surface area contributed by atoms with Crippen LogP contribution in [0.2, 0.25) is 0 Å². The van der Waals surface area contributed by atoms with Crippen LogP contribution in [0.15, 0.2) is 29.2 Å². The van der Waals surface area contributed by atoms with Gasteiger partial charge in [0.05, 0.1) is 11.5 Å². The van der Waals surface area contributed by atoms with E-state index in [1.54, 1.807) is 36.0 Å². The van der Waals surface area contributed by atoms with Crippen molar-refractivity contribution in [3.05, 3.63) is 29.8 Å². The molecule has 0 radical (unpaired) electrons. The molecule has 1 aliphatic heterocycles. The van der Waals surface area contributed by atoms with Crippen LogP contribution in [0.5, 0.6) is 0 Å². The van der Waals surface area contributed by atoms with Gasteiger partial charge in [0.25, 0.3) is 0 Å². The summed E-state index contributed by atoms with van der Waals surface area (Å²) < 4.78 is 27.5. The third kappa shape index (κ3) is 5.04. The second kappa shape index (κ2) is 7.85. The first-order chi connectivity index (χ1) is 10.1. The largest absolute Gasteiger partial charge is 0.395 e. The van der Waals surface area contributed by atoms with Crippen LogP contribution < -0.4 is 4.72 Å². The molecule has 0 aliphatic carbocycles. The van der Waals surface area contributed by atoms with E-state index in [2.05, 4.69) is 16.6 Å². The second-order valence-electron chi connectivity index (χ2n) is 4.84. The number of nitrogens with one attached hydrogen (secondary N) is 1. The van der Waals surface area contributed by atoms with Gasteiger partial charge in [-0.15, -0.1) is 0 Å². The number of aliphatic hydroxyl groups excluding tert-OH is 1. The number of hydrogen-bond acceptors (Lipinski definition) is 4. The summed E-state index contributed by atoms with van der Waals surface area (Å²) in [5.41, 5.74) is 0.643. The van der Waals surface area contributed by atoms with Crippen molar-refractivity contribution >= 4 is 21.8 Å². The SMILES string of the molecule is O=S(=O)(NC1CCCSC1)c1cccc(C#CCCO)c1. The van der Waals surface area contributed by atoms with Crippen LogP contribution in [0.3, 0.4) is 0 Å². The average Bonchev–Trinajstić information content (AvgIpc) is 2.48. The van der Waals surface area contributed by atoms with Crippen LogP contribution in [0, 0.1) is 11.8 Å². The first-order valence-corrected chi connectivity index (χ1v) is 9.55. The molecule has 1 unspecified atom stereocenters. The van der Waals surface area contributed by atoms with Crippen molar-refractivity contribution in [3.8, 4) is 11.8 Å². The summed E-state index contributed by atoms with van der Waals surface area (Å²) in [6.07, 6.45) is 2.32. The normalized spacial score (nSPS) is 18.8. The van der Waals surface area contributed by atoms with Crippen molar-refractivity contribution in [2.24, 2.45) is 0 Å². The second-order valence-corrected chi connectivity index (χ2v) is 7.70. The summed E-state index contributed by atoms with van der Waals surface area (Å²) in [7, 11) is -3.49. The van der Waals surface area contributed by atoms with E-state index in [4.69, 9.17) is 5.11 Å². The molecule has 0 bridgehead atoms. The molecular weight excluding hydrogens is 306 g/mol. The molecule has 1 aliphatic rings. The van der Waals surface area contributed by atoms with Gasteiger partial charge in [-0.2, -0.15) is 11.8 Å². The highest BCUT2D eigenvalue weighted by Crippen LogP contribution is 2.19. The van der Waals surface area contributed by atoms with Gasteiger partial charge in [-0.3, -0.25) is 0 Å².